The van der Waals surface area contributed by atoms with Crippen LogP contribution < -0.4 is 0 Å². The van der Waals surface area contributed by atoms with Gasteiger partial charge in [0.1, 0.15) is 0 Å². The maximum Gasteiger partial charge on any atom is 0.0143 e. The molecule has 0 aromatic heterocycles. The smallest absolute Gasteiger partial charge is 0.0143 e. The van der Waals surface area contributed by atoms with E-state index in [-0.39, 0.29) is 0 Å². The first-order chi connectivity index (χ1) is 11.5. The molecule has 0 atom stereocenters. The van der Waals surface area contributed by atoms with E-state index in [1.54, 1.807) is 0 Å². The van der Waals surface area contributed by atoms with E-state index in [1.807, 2.05) is 48.5 Å². The van der Waals surface area contributed by atoms with Gasteiger partial charge in [0, 0.05) is 25.4 Å². The molecule has 0 saturated carbocycles. The summed E-state index contributed by atoms with van der Waals surface area (Å²) in [7, 11) is 2.02. The number of hydrogen-bond donors (Lipinski definition) is 0. The van der Waals surface area contributed by atoms with E-state index in [0.29, 0.717) is 0 Å². The summed E-state index contributed by atoms with van der Waals surface area (Å²) in [6.45, 7) is 10.3. The first-order valence-corrected chi connectivity index (χ1v) is 8.11. The topological polar surface area (TPSA) is 3.24 Å². The summed E-state index contributed by atoms with van der Waals surface area (Å²) in [4.78, 5) is 2.04. The van der Waals surface area contributed by atoms with Crippen molar-refractivity contribution in [2.24, 2.45) is 0 Å². The molecule has 0 bridgehead atoms. The Morgan fingerprint density at radius 1 is 0.958 bits per heavy atom. The monoisotopic (exact) mass is 315 g/mol. The molecular formula is C23H25N. The fourth-order valence-corrected chi connectivity index (χ4v) is 2.20. The van der Waals surface area contributed by atoms with E-state index in [4.69, 9.17) is 0 Å². The molecule has 0 aliphatic carbocycles. The van der Waals surface area contributed by atoms with Gasteiger partial charge < -0.3 is 4.90 Å². The van der Waals surface area contributed by atoms with Gasteiger partial charge in [-0.15, -0.1) is 0 Å². The van der Waals surface area contributed by atoms with Crippen LogP contribution >= 0.6 is 0 Å². The molecule has 0 spiro atoms. The van der Waals surface area contributed by atoms with E-state index < -0.39 is 0 Å². The number of benzene rings is 2. The number of allylic oxidation sites excluding steroid dienone is 4. The molecule has 0 heterocycles. The second kappa shape index (κ2) is 8.73. The largest absolute Gasteiger partial charge is 0.355 e. The van der Waals surface area contributed by atoms with Crippen LogP contribution in [-0.2, 0) is 6.42 Å². The van der Waals surface area contributed by atoms with E-state index in [1.165, 1.54) is 16.7 Å². The molecule has 0 aliphatic rings. The first-order valence-electron chi connectivity index (χ1n) is 8.11. The summed E-state index contributed by atoms with van der Waals surface area (Å²) in [6.07, 6.45) is 8.93. The van der Waals surface area contributed by atoms with Gasteiger partial charge in [-0.1, -0.05) is 85.5 Å². The quantitative estimate of drug-likeness (QED) is 0.587. The van der Waals surface area contributed by atoms with E-state index in [9.17, 15) is 0 Å². The average Bonchev–Trinajstić information content (AvgIpc) is 2.60. The Kier molecular flexibility index (Phi) is 6.39. The highest BCUT2D eigenvalue weighted by atomic mass is 15.1. The molecule has 1 nitrogen and oxygen atoms in total. The minimum atomic E-state index is 0.841. The molecule has 0 fully saturated rings. The van der Waals surface area contributed by atoms with E-state index >= 15 is 0 Å². The third-order valence-corrected chi connectivity index (χ3v) is 3.83. The van der Waals surface area contributed by atoms with Crippen LogP contribution in [-0.4, -0.2) is 11.9 Å². The zero-order valence-corrected chi connectivity index (χ0v) is 14.6. The Hall–Kier alpha value is -2.80. The van der Waals surface area contributed by atoms with Crippen molar-refractivity contribution in [1.29, 1.82) is 0 Å². The van der Waals surface area contributed by atoms with Gasteiger partial charge in [-0.25, -0.2) is 0 Å². The van der Waals surface area contributed by atoms with E-state index in [0.717, 1.165) is 17.7 Å². The van der Waals surface area contributed by atoms with Crippen molar-refractivity contribution < 1.29 is 0 Å². The SMILES string of the molecule is C=C(/C=C\N(C)C(=C)Cc1ccc(C)cc1)/C=C/c1ccccc1. The minimum absolute atomic E-state index is 0.841. The molecule has 0 aliphatic heterocycles. The standard InChI is InChI=1S/C23H25N/c1-19-11-14-23(15-12-19)18-21(3)24(4)17-16-20(2)10-13-22-8-6-5-7-9-22/h5-17H,2-3,18H2,1,4H3/b13-10+,17-16-. The summed E-state index contributed by atoms with van der Waals surface area (Å²) in [5.74, 6) is 0. The fourth-order valence-electron chi connectivity index (χ4n) is 2.20. The van der Waals surface area contributed by atoms with Crippen molar-refractivity contribution in [2.75, 3.05) is 7.05 Å². The first kappa shape index (κ1) is 17.6. The highest BCUT2D eigenvalue weighted by Crippen LogP contribution is 2.12. The summed E-state index contributed by atoms with van der Waals surface area (Å²) in [5.41, 5.74) is 5.72. The third kappa shape index (κ3) is 5.77. The van der Waals surface area contributed by atoms with Crippen LogP contribution in [0.5, 0.6) is 0 Å². The molecule has 1 heteroatoms. The van der Waals surface area contributed by atoms with Gasteiger partial charge in [-0.2, -0.15) is 0 Å². The van der Waals surface area contributed by atoms with Crippen molar-refractivity contribution in [1.82, 2.24) is 4.90 Å². The fraction of sp³-hybridized carbons (Fsp3) is 0.130. The maximum atomic E-state index is 4.17. The van der Waals surface area contributed by atoms with Crippen molar-refractivity contribution >= 4 is 6.08 Å². The zero-order chi connectivity index (χ0) is 17.4. The molecule has 2 rings (SSSR count). The van der Waals surface area contributed by atoms with Gasteiger partial charge in [-0.3, -0.25) is 0 Å². The Bertz CT molecular complexity index is 733. The lowest BCUT2D eigenvalue weighted by Gasteiger charge is -2.17. The van der Waals surface area contributed by atoms with E-state index in [2.05, 4.69) is 62.6 Å². The number of aryl methyl sites for hydroxylation is 1. The van der Waals surface area contributed by atoms with Crippen LogP contribution in [0.3, 0.4) is 0 Å². The van der Waals surface area contributed by atoms with Crippen molar-refractivity contribution in [3.63, 3.8) is 0 Å². The second-order valence-electron chi connectivity index (χ2n) is 5.97. The summed E-state index contributed by atoms with van der Waals surface area (Å²) >= 11 is 0. The van der Waals surface area contributed by atoms with Gasteiger partial charge in [0.05, 0.1) is 0 Å². The molecule has 24 heavy (non-hydrogen) atoms. The average molecular weight is 315 g/mol. The van der Waals surface area contributed by atoms with Crippen LogP contribution in [0.2, 0.25) is 0 Å². The molecule has 122 valence electrons. The van der Waals surface area contributed by atoms with Crippen LogP contribution in [0, 0.1) is 6.92 Å². The summed E-state index contributed by atoms with van der Waals surface area (Å²) < 4.78 is 0. The van der Waals surface area contributed by atoms with Crippen LogP contribution in [0.25, 0.3) is 6.08 Å². The Labute approximate surface area is 146 Å². The lowest BCUT2D eigenvalue weighted by Crippen LogP contribution is -2.11. The number of rotatable bonds is 7. The zero-order valence-electron chi connectivity index (χ0n) is 14.6. The van der Waals surface area contributed by atoms with Gasteiger partial charge in [-0.05, 0) is 29.7 Å². The minimum Gasteiger partial charge on any atom is -0.355 e. The number of nitrogens with zero attached hydrogens (tertiary/aromatic N) is 1. The van der Waals surface area contributed by atoms with Gasteiger partial charge in [0.15, 0.2) is 0 Å². The number of hydrogen-bond acceptors (Lipinski definition) is 1. The molecule has 2 aromatic carbocycles. The summed E-state index contributed by atoms with van der Waals surface area (Å²) in [5, 5.41) is 0. The van der Waals surface area contributed by atoms with Gasteiger partial charge >= 0.3 is 0 Å². The molecule has 2 aromatic rings. The Morgan fingerprint density at radius 2 is 1.62 bits per heavy atom. The van der Waals surface area contributed by atoms with Crippen LogP contribution in [0.15, 0.2) is 97.4 Å². The Balaban J connectivity index is 1.88. The van der Waals surface area contributed by atoms with Crippen molar-refractivity contribution in [2.45, 2.75) is 13.3 Å². The lowest BCUT2D eigenvalue weighted by atomic mass is 10.1. The van der Waals surface area contributed by atoms with Crippen LogP contribution in [0.4, 0.5) is 0 Å². The lowest BCUT2D eigenvalue weighted by molar-refractivity contribution is 0.555. The molecule has 0 radical (unpaired) electrons. The second-order valence-corrected chi connectivity index (χ2v) is 5.97. The molecule has 0 amide bonds. The van der Waals surface area contributed by atoms with Crippen LogP contribution in [0.1, 0.15) is 16.7 Å². The third-order valence-electron chi connectivity index (χ3n) is 3.83. The molecule has 0 unspecified atom stereocenters. The summed E-state index contributed by atoms with van der Waals surface area (Å²) in [6, 6.07) is 18.8. The number of likely N-dealkylation sites (N-methyl/N-ethyl adjacent to an activating group) is 1. The highest BCUT2D eigenvalue weighted by Gasteiger charge is 2.00. The van der Waals surface area contributed by atoms with Crippen molar-refractivity contribution in [3.8, 4) is 0 Å². The highest BCUT2D eigenvalue weighted by molar-refractivity contribution is 5.53. The molecule has 0 N–H and O–H groups in total. The molecular weight excluding hydrogens is 290 g/mol. The van der Waals surface area contributed by atoms with Crippen molar-refractivity contribution in [3.05, 3.63) is 114 Å². The van der Waals surface area contributed by atoms with Gasteiger partial charge in [0.2, 0.25) is 0 Å². The maximum absolute atomic E-state index is 4.17. The predicted molar refractivity (Wildman–Crippen MR) is 106 cm³/mol. The molecule has 0 saturated heterocycles. The Morgan fingerprint density at radius 3 is 2.29 bits per heavy atom. The normalized spacial score (nSPS) is 11.1. The predicted octanol–water partition coefficient (Wildman–Crippen LogP) is 5.77. The van der Waals surface area contributed by atoms with Gasteiger partial charge in [0.25, 0.3) is 0 Å².